The Morgan fingerprint density at radius 1 is 1.26 bits per heavy atom. The average Bonchev–Trinajstić information content (AvgIpc) is 2.48. The number of anilines is 1. The topological polar surface area (TPSA) is 59.9 Å². The Balaban J connectivity index is 2.53. The van der Waals surface area contributed by atoms with Gasteiger partial charge in [0.05, 0.1) is 12.8 Å². The molecule has 2 rings (SSSR count). The first-order chi connectivity index (χ1) is 9.30. The van der Waals surface area contributed by atoms with Gasteiger partial charge < -0.3 is 10.1 Å². The predicted octanol–water partition coefficient (Wildman–Crippen LogP) is 2.54. The van der Waals surface area contributed by atoms with Gasteiger partial charge in [0, 0.05) is 30.4 Å². The van der Waals surface area contributed by atoms with Crippen molar-refractivity contribution in [3.8, 4) is 17.1 Å². The van der Waals surface area contributed by atoms with E-state index in [9.17, 15) is 0 Å². The molecule has 100 valence electrons. The highest BCUT2D eigenvalue weighted by Gasteiger charge is 2.12. The summed E-state index contributed by atoms with van der Waals surface area (Å²) in [6, 6.07) is 3.82. The molecule has 1 N–H and O–H groups in total. The summed E-state index contributed by atoms with van der Waals surface area (Å²) >= 11 is 0. The van der Waals surface area contributed by atoms with Crippen molar-refractivity contribution in [2.45, 2.75) is 19.8 Å². The molecule has 0 amide bonds. The summed E-state index contributed by atoms with van der Waals surface area (Å²) in [5.41, 5.74) is 3.05. The van der Waals surface area contributed by atoms with Crippen LogP contribution in [-0.4, -0.2) is 29.1 Å². The molecule has 0 radical (unpaired) electrons. The Morgan fingerprint density at radius 3 is 2.79 bits per heavy atom. The van der Waals surface area contributed by atoms with E-state index in [4.69, 9.17) is 4.74 Å². The standard InChI is InChI=1S/C14H18N4O/c1-4-5-11-13(17-9-18-14(11)15-2)10-6-7-16-12(8-10)19-3/h6-9H,4-5H2,1-3H3,(H,15,17,18). The molecule has 0 saturated heterocycles. The molecule has 0 saturated carbocycles. The van der Waals surface area contributed by atoms with Gasteiger partial charge in [0.15, 0.2) is 0 Å². The Labute approximate surface area is 113 Å². The van der Waals surface area contributed by atoms with Crippen LogP contribution in [0.3, 0.4) is 0 Å². The van der Waals surface area contributed by atoms with Crippen molar-refractivity contribution >= 4 is 5.82 Å². The molecule has 0 atom stereocenters. The largest absolute Gasteiger partial charge is 0.481 e. The van der Waals surface area contributed by atoms with Gasteiger partial charge in [-0.1, -0.05) is 13.3 Å². The van der Waals surface area contributed by atoms with Crippen LogP contribution < -0.4 is 10.1 Å². The van der Waals surface area contributed by atoms with Gasteiger partial charge in [0.2, 0.25) is 5.88 Å². The van der Waals surface area contributed by atoms with Gasteiger partial charge in [-0.05, 0) is 12.5 Å². The lowest BCUT2D eigenvalue weighted by molar-refractivity contribution is 0.398. The molecule has 0 bridgehead atoms. The van der Waals surface area contributed by atoms with E-state index in [-0.39, 0.29) is 0 Å². The van der Waals surface area contributed by atoms with E-state index in [0.29, 0.717) is 5.88 Å². The summed E-state index contributed by atoms with van der Waals surface area (Å²) in [6.07, 6.45) is 5.27. The zero-order valence-corrected chi connectivity index (χ0v) is 11.5. The van der Waals surface area contributed by atoms with Crippen LogP contribution in [0.15, 0.2) is 24.7 Å². The SMILES string of the molecule is CCCc1c(NC)ncnc1-c1ccnc(OC)c1. The number of rotatable bonds is 5. The molecule has 0 fully saturated rings. The second kappa shape index (κ2) is 6.13. The Bertz CT molecular complexity index is 557. The first-order valence-corrected chi connectivity index (χ1v) is 6.32. The van der Waals surface area contributed by atoms with Gasteiger partial charge in [0.25, 0.3) is 0 Å². The molecular formula is C14H18N4O. The molecule has 0 spiro atoms. The quantitative estimate of drug-likeness (QED) is 0.893. The molecule has 2 aromatic heterocycles. The van der Waals surface area contributed by atoms with Gasteiger partial charge in [-0.3, -0.25) is 0 Å². The highest BCUT2D eigenvalue weighted by Crippen LogP contribution is 2.28. The van der Waals surface area contributed by atoms with Crippen molar-refractivity contribution in [1.82, 2.24) is 15.0 Å². The van der Waals surface area contributed by atoms with E-state index in [0.717, 1.165) is 35.5 Å². The van der Waals surface area contributed by atoms with Crippen LogP contribution in [0.1, 0.15) is 18.9 Å². The van der Waals surface area contributed by atoms with Gasteiger partial charge >= 0.3 is 0 Å². The number of nitrogens with one attached hydrogen (secondary N) is 1. The third kappa shape index (κ3) is 2.81. The van der Waals surface area contributed by atoms with E-state index >= 15 is 0 Å². The minimum atomic E-state index is 0.588. The fourth-order valence-electron chi connectivity index (χ4n) is 2.03. The third-order valence-electron chi connectivity index (χ3n) is 2.90. The minimum Gasteiger partial charge on any atom is -0.481 e. The summed E-state index contributed by atoms with van der Waals surface area (Å²) in [7, 11) is 3.48. The molecular weight excluding hydrogens is 240 g/mol. The molecule has 0 unspecified atom stereocenters. The summed E-state index contributed by atoms with van der Waals surface area (Å²) in [5.74, 6) is 1.46. The maximum absolute atomic E-state index is 5.16. The average molecular weight is 258 g/mol. The van der Waals surface area contributed by atoms with Gasteiger partial charge in [0.1, 0.15) is 12.1 Å². The number of hydrogen-bond donors (Lipinski definition) is 1. The van der Waals surface area contributed by atoms with Crippen LogP contribution in [0.4, 0.5) is 5.82 Å². The molecule has 2 aromatic rings. The number of ether oxygens (including phenoxy) is 1. The van der Waals surface area contributed by atoms with Crippen molar-refractivity contribution in [3.05, 3.63) is 30.2 Å². The monoisotopic (exact) mass is 258 g/mol. The van der Waals surface area contributed by atoms with Crippen molar-refractivity contribution < 1.29 is 4.74 Å². The van der Waals surface area contributed by atoms with Gasteiger partial charge in [-0.2, -0.15) is 0 Å². The first kappa shape index (κ1) is 13.3. The lowest BCUT2D eigenvalue weighted by Gasteiger charge is -2.12. The van der Waals surface area contributed by atoms with Gasteiger partial charge in [-0.15, -0.1) is 0 Å². The Hall–Kier alpha value is -2.17. The normalized spacial score (nSPS) is 10.3. The second-order valence-corrected chi connectivity index (χ2v) is 4.14. The molecule has 5 nitrogen and oxygen atoms in total. The first-order valence-electron chi connectivity index (χ1n) is 6.32. The number of aromatic nitrogens is 3. The fourth-order valence-corrected chi connectivity index (χ4v) is 2.03. The van der Waals surface area contributed by atoms with E-state index in [1.165, 1.54) is 0 Å². The molecule has 0 aliphatic carbocycles. The lowest BCUT2D eigenvalue weighted by Crippen LogP contribution is -2.03. The van der Waals surface area contributed by atoms with Crippen LogP contribution in [0.5, 0.6) is 5.88 Å². The molecule has 0 aliphatic heterocycles. The predicted molar refractivity (Wildman–Crippen MR) is 75.4 cm³/mol. The van der Waals surface area contributed by atoms with Crippen LogP contribution >= 0.6 is 0 Å². The summed E-state index contributed by atoms with van der Waals surface area (Å²) in [4.78, 5) is 12.8. The minimum absolute atomic E-state index is 0.588. The van der Waals surface area contributed by atoms with E-state index in [1.807, 2.05) is 19.2 Å². The molecule has 0 aromatic carbocycles. The number of hydrogen-bond acceptors (Lipinski definition) is 5. The van der Waals surface area contributed by atoms with Crippen molar-refractivity contribution in [2.75, 3.05) is 19.5 Å². The van der Waals surface area contributed by atoms with Crippen LogP contribution in [0.25, 0.3) is 11.3 Å². The van der Waals surface area contributed by atoms with Crippen molar-refractivity contribution in [2.24, 2.45) is 0 Å². The Kier molecular flexibility index (Phi) is 4.28. The molecule has 19 heavy (non-hydrogen) atoms. The summed E-state index contributed by atoms with van der Waals surface area (Å²) < 4.78 is 5.16. The number of methoxy groups -OCH3 is 1. The van der Waals surface area contributed by atoms with E-state index < -0.39 is 0 Å². The zero-order chi connectivity index (χ0) is 13.7. The Morgan fingerprint density at radius 2 is 2.11 bits per heavy atom. The van der Waals surface area contributed by atoms with Crippen molar-refractivity contribution in [1.29, 1.82) is 0 Å². The fraction of sp³-hybridized carbons (Fsp3) is 0.357. The maximum Gasteiger partial charge on any atom is 0.213 e. The van der Waals surface area contributed by atoms with Crippen LogP contribution in [0, 0.1) is 0 Å². The maximum atomic E-state index is 5.16. The van der Waals surface area contributed by atoms with E-state index in [1.54, 1.807) is 19.6 Å². The molecule has 2 heterocycles. The van der Waals surface area contributed by atoms with Gasteiger partial charge in [-0.25, -0.2) is 15.0 Å². The number of pyridine rings is 1. The summed E-state index contributed by atoms with van der Waals surface area (Å²) in [5, 5.41) is 3.12. The smallest absolute Gasteiger partial charge is 0.213 e. The molecule has 5 heteroatoms. The lowest BCUT2D eigenvalue weighted by atomic mass is 10.0. The van der Waals surface area contributed by atoms with Crippen molar-refractivity contribution in [3.63, 3.8) is 0 Å². The van der Waals surface area contributed by atoms with Crippen LogP contribution in [0.2, 0.25) is 0 Å². The third-order valence-corrected chi connectivity index (χ3v) is 2.90. The second-order valence-electron chi connectivity index (χ2n) is 4.14. The molecule has 0 aliphatic rings. The number of nitrogens with zero attached hydrogens (tertiary/aromatic N) is 3. The van der Waals surface area contributed by atoms with E-state index in [2.05, 4.69) is 27.2 Å². The highest BCUT2D eigenvalue weighted by atomic mass is 16.5. The summed E-state index contributed by atoms with van der Waals surface area (Å²) in [6.45, 7) is 2.14. The highest BCUT2D eigenvalue weighted by molar-refractivity contribution is 5.68. The van der Waals surface area contributed by atoms with Crippen LogP contribution in [-0.2, 0) is 6.42 Å². The zero-order valence-electron chi connectivity index (χ0n) is 11.5.